The highest BCUT2D eigenvalue weighted by Gasteiger charge is 2.20. The molecule has 0 aromatic heterocycles. The van der Waals surface area contributed by atoms with Crippen molar-refractivity contribution in [3.8, 4) is 0 Å². The van der Waals surface area contributed by atoms with Crippen molar-refractivity contribution in [2.75, 3.05) is 52.5 Å². The van der Waals surface area contributed by atoms with E-state index in [2.05, 4.69) is 5.32 Å². The Bertz CT molecular complexity index is 655. The molecule has 26 heavy (non-hydrogen) atoms. The molecule has 1 N–H and O–H groups in total. The van der Waals surface area contributed by atoms with Crippen molar-refractivity contribution in [3.05, 3.63) is 35.4 Å². The Labute approximate surface area is 152 Å². The van der Waals surface area contributed by atoms with Crippen LogP contribution in [0.4, 0.5) is 4.79 Å². The summed E-state index contributed by atoms with van der Waals surface area (Å²) in [7, 11) is 0. The van der Waals surface area contributed by atoms with E-state index in [9.17, 15) is 14.4 Å². The Morgan fingerprint density at radius 1 is 1.00 bits per heavy atom. The summed E-state index contributed by atoms with van der Waals surface area (Å²) in [5.41, 5.74) is 1.03. The molecule has 0 saturated carbocycles. The summed E-state index contributed by atoms with van der Waals surface area (Å²) in [5.74, 6) is -0.287. The van der Waals surface area contributed by atoms with Crippen LogP contribution in [0.5, 0.6) is 0 Å². The number of morpholine rings is 1. The van der Waals surface area contributed by atoms with Crippen molar-refractivity contribution in [2.45, 2.75) is 6.42 Å². The van der Waals surface area contributed by atoms with Crippen molar-refractivity contribution in [3.63, 3.8) is 0 Å². The van der Waals surface area contributed by atoms with Crippen LogP contribution in [0.3, 0.4) is 0 Å². The van der Waals surface area contributed by atoms with Gasteiger partial charge in [0.05, 0.1) is 19.8 Å². The zero-order valence-electron chi connectivity index (χ0n) is 14.6. The van der Waals surface area contributed by atoms with Gasteiger partial charge in [0.25, 0.3) is 11.8 Å². The smallest absolute Gasteiger partial charge is 0.409 e. The molecule has 1 aromatic rings. The minimum atomic E-state index is -0.337. The SMILES string of the molecule is O=C(NCCN1CCCOC1=O)c1ccc(C(=O)N2CCOCC2)cc1. The summed E-state index contributed by atoms with van der Waals surface area (Å²) < 4.78 is 10.2. The normalized spacial score (nSPS) is 17.6. The highest BCUT2D eigenvalue weighted by atomic mass is 16.6. The lowest BCUT2D eigenvalue weighted by Gasteiger charge is -2.27. The molecule has 8 nitrogen and oxygen atoms in total. The van der Waals surface area contributed by atoms with Crippen molar-refractivity contribution < 1.29 is 23.9 Å². The van der Waals surface area contributed by atoms with Crippen LogP contribution < -0.4 is 5.32 Å². The summed E-state index contributed by atoms with van der Waals surface area (Å²) in [6.45, 7) is 4.14. The van der Waals surface area contributed by atoms with E-state index in [4.69, 9.17) is 9.47 Å². The maximum atomic E-state index is 12.4. The number of nitrogens with zero attached hydrogens (tertiary/aromatic N) is 2. The molecule has 0 aliphatic carbocycles. The zero-order chi connectivity index (χ0) is 18.4. The third-order valence-corrected chi connectivity index (χ3v) is 4.42. The van der Waals surface area contributed by atoms with E-state index in [-0.39, 0.29) is 17.9 Å². The van der Waals surface area contributed by atoms with Gasteiger partial charge in [0.2, 0.25) is 0 Å². The molecule has 0 unspecified atom stereocenters. The average Bonchev–Trinajstić information content (AvgIpc) is 2.69. The first-order valence-corrected chi connectivity index (χ1v) is 8.82. The van der Waals surface area contributed by atoms with Crippen molar-refractivity contribution in [1.29, 1.82) is 0 Å². The highest BCUT2D eigenvalue weighted by Crippen LogP contribution is 2.10. The first-order valence-electron chi connectivity index (χ1n) is 8.82. The van der Waals surface area contributed by atoms with Crippen LogP contribution >= 0.6 is 0 Å². The molecule has 0 bridgehead atoms. The molecule has 2 aliphatic heterocycles. The third kappa shape index (κ3) is 4.51. The summed E-state index contributed by atoms with van der Waals surface area (Å²) in [6, 6.07) is 6.60. The van der Waals surface area contributed by atoms with E-state index in [1.807, 2.05) is 0 Å². The summed E-state index contributed by atoms with van der Waals surface area (Å²) in [4.78, 5) is 39.4. The van der Waals surface area contributed by atoms with Crippen LogP contribution in [0.15, 0.2) is 24.3 Å². The number of hydrogen-bond acceptors (Lipinski definition) is 5. The second kappa shape index (κ2) is 8.66. The molecule has 1 aromatic carbocycles. The van der Waals surface area contributed by atoms with Gasteiger partial charge in [-0.05, 0) is 30.7 Å². The van der Waals surface area contributed by atoms with E-state index in [1.165, 1.54) is 0 Å². The van der Waals surface area contributed by atoms with Gasteiger partial charge in [-0.1, -0.05) is 0 Å². The number of carbonyl (C=O) groups excluding carboxylic acids is 3. The molecule has 2 aliphatic rings. The van der Waals surface area contributed by atoms with Crippen LogP contribution in [0, 0.1) is 0 Å². The Morgan fingerprint density at radius 3 is 2.38 bits per heavy atom. The molecule has 0 radical (unpaired) electrons. The van der Waals surface area contributed by atoms with Gasteiger partial charge in [0, 0.05) is 43.9 Å². The molecule has 3 rings (SSSR count). The first-order chi connectivity index (χ1) is 12.6. The van der Waals surface area contributed by atoms with Gasteiger partial charge in [0.15, 0.2) is 0 Å². The van der Waals surface area contributed by atoms with Gasteiger partial charge in [-0.15, -0.1) is 0 Å². The largest absolute Gasteiger partial charge is 0.449 e. The van der Waals surface area contributed by atoms with E-state index in [1.54, 1.807) is 34.1 Å². The van der Waals surface area contributed by atoms with Crippen LogP contribution in [-0.4, -0.2) is 80.3 Å². The maximum Gasteiger partial charge on any atom is 0.409 e. The van der Waals surface area contributed by atoms with Crippen LogP contribution in [0.1, 0.15) is 27.1 Å². The van der Waals surface area contributed by atoms with E-state index in [0.29, 0.717) is 63.7 Å². The standard InChI is InChI=1S/C18H23N3O5/c22-16(19-6-8-21-7-1-11-26-18(21)24)14-2-4-15(5-3-14)17(23)20-9-12-25-13-10-20/h2-5H,1,6-13H2,(H,19,22). The molecular weight excluding hydrogens is 338 g/mol. The molecule has 0 spiro atoms. The topological polar surface area (TPSA) is 88.2 Å². The van der Waals surface area contributed by atoms with Gasteiger partial charge in [0.1, 0.15) is 0 Å². The number of carbonyl (C=O) groups is 3. The predicted molar refractivity (Wildman–Crippen MR) is 93.0 cm³/mol. The summed E-state index contributed by atoms with van der Waals surface area (Å²) in [5, 5.41) is 2.78. The van der Waals surface area contributed by atoms with Crippen molar-refractivity contribution >= 4 is 17.9 Å². The highest BCUT2D eigenvalue weighted by molar-refractivity contribution is 5.97. The van der Waals surface area contributed by atoms with Gasteiger partial charge < -0.3 is 24.6 Å². The van der Waals surface area contributed by atoms with Crippen LogP contribution in [-0.2, 0) is 9.47 Å². The molecule has 0 atom stereocenters. The summed E-state index contributed by atoms with van der Waals surface area (Å²) >= 11 is 0. The molecular formula is C18H23N3O5. The Morgan fingerprint density at radius 2 is 1.69 bits per heavy atom. The number of nitrogens with one attached hydrogen (secondary N) is 1. The van der Waals surface area contributed by atoms with Crippen LogP contribution in [0.25, 0.3) is 0 Å². The molecule has 2 saturated heterocycles. The number of cyclic esters (lactones) is 1. The number of rotatable bonds is 5. The zero-order valence-corrected chi connectivity index (χ0v) is 14.6. The van der Waals surface area contributed by atoms with Gasteiger partial charge in [-0.2, -0.15) is 0 Å². The number of amides is 3. The van der Waals surface area contributed by atoms with Crippen molar-refractivity contribution in [2.24, 2.45) is 0 Å². The quantitative estimate of drug-likeness (QED) is 0.835. The molecule has 2 heterocycles. The fourth-order valence-corrected chi connectivity index (χ4v) is 2.92. The lowest BCUT2D eigenvalue weighted by molar-refractivity contribution is 0.0303. The maximum absolute atomic E-state index is 12.4. The lowest BCUT2D eigenvalue weighted by Crippen LogP contribution is -2.42. The third-order valence-electron chi connectivity index (χ3n) is 4.42. The number of hydrogen-bond donors (Lipinski definition) is 1. The Kier molecular flexibility index (Phi) is 6.06. The Hall–Kier alpha value is -2.61. The van der Waals surface area contributed by atoms with E-state index in [0.717, 1.165) is 6.42 Å². The molecule has 140 valence electrons. The summed E-state index contributed by atoms with van der Waals surface area (Å²) in [6.07, 6.45) is 0.467. The van der Waals surface area contributed by atoms with Gasteiger partial charge in [-0.3, -0.25) is 9.59 Å². The van der Waals surface area contributed by atoms with Crippen LogP contribution in [0.2, 0.25) is 0 Å². The van der Waals surface area contributed by atoms with E-state index >= 15 is 0 Å². The number of ether oxygens (including phenoxy) is 2. The first kappa shape index (κ1) is 18.2. The number of benzene rings is 1. The fourth-order valence-electron chi connectivity index (χ4n) is 2.92. The predicted octanol–water partition coefficient (Wildman–Crippen LogP) is 0.731. The fraction of sp³-hybridized carbons (Fsp3) is 0.500. The molecule has 2 fully saturated rings. The lowest BCUT2D eigenvalue weighted by atomic mass is 10.1. The molecule has 8 heteroatoms. The second-order valence-corrected chi connectivity index (χ2v) is 6.19. The van der Waals surface area contributed by atoms with Crippen molar-refractivity contribution in [1.82, 2.24) is 15.1 Å². The monoisotopic (exact) mass is 361 g/mol. The molecule has 3 amide bonds. The Balaban J connectivity index is 1.48. The van der Waals surface area contributed by atoms with Gasteiger partial charge in [-0.25, -0.2) is 4.79 Å². The minimum absolute atomic E-state index is 0.0520. The minimum Gasteiger partial charge on any atom is -0.449 e. The van der Waals surface area contributed by atoms with E-state index < -0.39 is 0 Å². The van der Waals surface area contributed by atoms with Gasteiger partial charge >= 0.3 is 6.09 Å². The second-order valence-electron chi connectivity index (χ2n) is 6.19. The average molecular weight is 361 g/mol.